The average molecular weight is 145 g/mol. The molecular formula is C8H16FN. The Balaban J connectivity index is 0. The molecule has 0 aromatic heterocycles. The highest BCUT2D eigenvalue weighted by molar-refractivity contribution is 5.09. The van der Waals surface area contributed by atoms with Crippen LogP contribution in [-0.2, 0) is 0 Å². The van der Waals surface area contributed by atoms with Crippen molar-refractivity contribution >= 4 is 0 Å². The summed E-state index contributed by atoms with van der Waals surface area (Å²) in [5, 5.41) is 0. The van der Waals surface area contributed by atoms with Crippen LogP contribution in [0.4, 0.5) is 4.39 Å². The van der Waals surface area contributed by atoms with Crippen molar-refractivity contribution in [3.8, 4) is 0 Å². The molecule has 0 atom stereocenters. The molecule has 0 spiro atoms. The number of hydrogen-bond acceptors (Lipinski definition) is 1. The molecule has 0 aromatic carbocycles. The van der Waals surface area contributed by atoms with Crippen LogP contribution in [-0.4, -0.2) is 0 Å². The molecule has 0 saturated heterocycles. The van der Waals surface area contributed by atoms with Crippen molar-refractivity contribution in [1.29, 1.82) is 0 Å². The van der Waals surface area contributed by atoms with Gasteiger partial charge in [-0.25, -0.2) is 4.39 Å². The van der Waals surface area contributed by atoms with Gasteiger partial charge < -0.3 is 5.73 Å². The normalized spacial score (nSPS) is 12.1. The van der Waals surface area contributed by atoms with E-state index in [1.54, 1.807) is 6.92 Å². The van der Waals surface area contributed by atoms with Gasteiger partial charge in [0.1, 0.15) is 0 Å². The van der Waals surface area contributed by atoms with Gasteiger partial charge in [-0.2, -0.15) is 0 Å². The van der Waals surface area contributed by atoms with E-state index in [0.29, 0.717) is 5.70 Å². The maximum atomic E-state index is 11.8. The average Bonchev–Trinajstić information content (AvgIpc) is 1.89. The number of hydrogen-bond donors (Lipinski definition) is 1. The van der Waals surface area contributed by atoms with E-state index in [1.165, 1.54) is 19.1 Å². The lowest BCUT2D eigenvalue weighted by atomic mass is 10.4. The van der Waals surface area contributed by atoms with Gasteiger partial charge in [0.05, 0.1) is 5.83 Å². The summed E-state index contributed by atoms with van der Waals surface area (Å²) in [4.78, 5) is 0. The molecule has 0 unspecified atom stereocenters. The van der Waals surface area contributed by atoms with Gasteiger partial charge in [0.15, 0.2) is 0 Å². The molecule has 0 fully saturated rings. The summed E-state index contributed by atoms with van der Waals surface area (Å²) in [6.07, 6.45) is 2.85. The predicted octanol–water partition coefficient (Wildman–Crippen LogP) is 2.75. The SMILES string of the molecule is C/C(N)=C\C=C(/C)F.CC. The highest BCUT2D eigenvalue weighted by Gasteiger charge is 1.75. The monoisotopic (exact) mass is 145 g/mol. The quantitative estimate of drug-likeness (QED) is 0.564. The van der Waals surface area contributed by atoms with Gasteiger partial charge in [0, 0.05) is 5.70 Å². The second-order valence-electron chi connectivity index (χ2n) is 1.66. The van der Waals surface area contributed by atoms with Crippen molar-refractivity contribution < 1.29 is 4.39 Å². The zero-order valence-electron chi connectivity index (χ0n) is 7.11. The van der Waals surface area contributed by atoms with Crippen LogP contribution in [0.2, 0.25) is 0 Å². The molecule has 2 N–H and O–H groups in total. The maximum absolute atomic E-state index is 11.8. The van der Waals surface area contributed by atoms with Crippen LogP contribution in [0.5, 0.6) is 0 Å². The molecular weight excluding hydrogens is 129 g/mol. The molecule has 0 aromatic rings. The fourth-order valence-electron chi connectivity index (χ4n) is 0.246. The van der Waals surface area contributed by atoms with E-state index < -0.39 is 0 Å². The van der Waals surface area contributed by atoms with E-state index in [0.717, 1.165) is 0 Å². The van der Waals surface area contributed by atoms with Gasteiger partial charge in [-0.3, -0.25) is 0 Å². The molecule has 0 rings (SSSR count). The highest BCUT2D eigenvalue weighted by Crippen LogP contribution is 1.93. The molecule has 0 heterocycles. The number of rotatable bonds is 1. The van der Waals surface area contributed by atoms with Crippen molar-refractivity contribution in [2.24, 2.45) is 5.73 Å². The third-order valence-electron chi connectivity index (χ3n) is 0.576. The van der Waals surface area contributed by atoms with Crippen molar-refractivity contribution in [3.05, 3.63) is 23.7 Å². The van der Waals surface area contributed by atoms with Gasteiger partial charge in [-0.15, -0.1) is 0 Å². The topological polar surface area (TPSA) is 26.0 Å². The molecule has 0 aliphatic rings. The minimum absolute atomic E-state index is 0.227. The fraction of sp³-hybridized carbons (Fsp3) is 0.500. The minimum Gasteiger partial charge on any atom is -0.402 e. The van der Waals surface area contributed by atoms with Crippen molar-refractivity contribution in [1.82, 2.24) is 0 Å². The van der Waals surface area contributed by atoms with E-state index in [9.17, 15) is 4.39 Å². The number of halogens is 1. The molecule has 0 aliphatic heterocycles. The molecule has 0 saturated carbocycles. The lowest BCUT2D eigenvalue weighted by Gasteiger charge is -1.82. The molecule has 2 heteroatoms. The Morgan fingerprint density at radius 1 is 1.20 bits per heavy atom. The van der Waals surface area contributed by atoms with Crippen LogP contribution < -0.4 is 5.73 Å². The number of allylic oxidation sites excluding steroid dienone is 4. The van der Waals surface area contributed by atoms with Gasteiger partial charge in [0.2, 0.25) is 0 Å². The second kappa shape index (κ2) is 8.21. The standard InChI is InChI=1S/C6H10FN.C2H6/c1-5(7)3-4-6(2)8;1-2/h3-4H,8H2,1-2H3;1-2H3/b5-3+,6-4+;. The van der Waals surface area contributed by atoms with E-state index >= 15 is 0 Å². The second-order valence-corrected chi connectivity index (χ2v) is 1.66. The zero-order valence-corrected chi connectivity index (χ0v) is 7.11. The zero-order chi connectivity index (χ0) is 8.57. The molecule has 0 aliphatic carbocycles. The maximum Gasteiger partial charge on any atom is 0.0969 e. The first-order valence-corrected chi connectivity index (χ1v) is 3.39. The summed E-state index contributed by atoms with van der Waals surface area (Å²) in [6.45, 7) is 7.08. The van der Waals surface area contributed by atoms with E-state index in [2.05, 4.69) is 0 Å². The van der Waals surface area contributed by atoms with Crippen LogP contribution in [0, 0.1) is 0 Å². The Kier molecular flexibility index (Phi) is 9.80. The lowest BCUT2D eigenvalue weighted by Crippen LogP contribution is -1.87. The van der Waals surface area contributed by atoms with Crippen LogP contribution in [0.1, 0.15) is 27.7 Å². The van der Waals surface area contributed by atoms with Crippen LogP contribution in [0.25, 0.3) is 0 Å². The van der Waals surface area contributed by atoms with Gasteiger partial charge in [-0.05, 0) is 26.0 Å². The first-order valence-electron chi connectivity index (χ1n) is 3.39. The third-order valence-corrected chi connectivity index (χ3v) is 0.576. The number of nitrogens with two attached hydrogens (primary N) is 1. The fourth-order valence-corrected chi connectivity index (χ4v) is 0.246. The molecule has 10 heavy (non-hydrogen) atoms. The first-order chi connectivity index (χ1) is 4.63. The first kappa shape index (κ1) is 11.9. The Morgan fingerprint density at radius 3 is 1.70 bits per heavy atom. The third kappa shape index (κ3) is 15.7. The smallest absolute Gasteiger partial charge is 0.0969 e. The van der Waals surface area contributed by atoms with Crippen molar-refractivity contribution in [2.75, 3.05) is 0 Å². The summed E-state index contributed by atoms with van der Waals surface area (Å²) in [5.41, 5.74) is 5.80. The van der Waals surface area contributed by atoms with E-state index in [4.69, 9.17) is 5.73 Å². The van der Waals surface area contributed by atoms with Gasteiger partial charge >= 0.3 is 0 Å². The summed E-state index contributed by atoms with van der Waals surface area (Å²) in [5.74, 6) is -0.227. The Hall–Kier alpha value is -0.790. The predicted molar refractivity (Wildman–Crippen MR) is 44.2 cm³/mol. The Labute approximate surface area is 62.4 Å². The largest absolute Gasteiger partial charge is 0.402 e. The molecule has 0 bridgehead atoms. The van der Waals surface area contributed by atoms with Crippen LogP contribution in [0.15, 0.2) is 23.7 Å². The van der Waals surface area contributed by atoms with Crippen LogP contribution in [0.3, 0.4) is 0 Å². The molecule has 0 radical (unpaired) electrons. The van der Waals surface area contributed by atoms with Crippen LogP contribution >= 0.6 is 0 Å². The summed E-state index contributed by atoms with van der Waals surface area (Å²) >= 11 is 0. The van der Waals surface area contributed by atoms with Gasteiger partial charge in [0.25, 0.3) is 0 Å². The molecule has 60 valence electrons. The minimum atomic E-state index is -0.227. The van der Waals surface area contributed by atoms with Gasteiger partial charge in [-0.1, -0.05) is 13.8 Å². The molecule has 1 nitrogen and oxygen atoms in total. The summed E-state index contributed by atoms with van der Waals surface area (Å²) in [6, 6.07) is 0. The van der Waals surface area contributed by atoms with Crippen molar-refractivity contribution in [3.63, 3.8) is 0 Å². The van der Waals surface area contributed by atoms with E-state index in [1.807, 2.05) is 13.8 Å². The van der Waals surface area contributed by atoms with Crippen molar-refractivity contribution in [2.45, 2.75) is 27.7 Å². The molecule has 0 amide bonds. The van der Waals surface area contributed by atoms with E-state index in [-0.39, 0.29) is 5.83 Å². The summed E-state index contributed by atoms with van der Waals surface area (Å²) in [7, 11) is 0. The highest BCUT2D eigenvalue weighted by atomic mass is 19.1. The Bertz CT molecular complexity index is 101. The summed E-state index contributed by atoms with van der Waals surface area (Å²) < 4.78 is 11.8. The lowest BCUT2D eigenvalue weighted by molar-refractivity contribution is 0.640. The Morgan fingerprint density at radius 2 is 1.60 bits per heavy atom.